The highest BCUT2D eigenvalue weighted by atomic mass is 127. The Kier molecular flexibility index (Phi) is 12.0. The van der Waals surface area contributed by atoms with E-state index in [0.717, 1.165) is 18.7 Å². The van der Waals surface area contributed by atoms with Crippen LogP contribution in [0.5, 0.6) is 5.75 Å². The summed E-state index contributed by atoms with van der Waals surface area (Å²) in [6.07, 6.45) is 0.961. The summed E-state index contributed by atoms with van der Waals surface area (Å²) >= 11 is 0. The topological polar surface area (TPSA) is 66.0 Å². The third kappa shape index (κ3) is 10.2. The van der Waals surface area contributed by atoms with E-state index < -0.39 is 0 Å². The summed E-state index contributed by atoms with van der Waals surface area (Å²) in [5.74, 6) is 1.45. The lowest BCUT2D eigenvalue weighted by Gasteiger charge is -2.18. The Labute approximate surface area is 168 Å². The van der Waals surface area contributed by atoms with Crippen molar-refractivity contribution in [3.8, 4) is 5.75 Å². The van der Waals surface area contributed by atoms with Crippen LogP contribution < -0.4 is 15.4 Å². The molecule has 0 spiro atoms. The molecule has 142 valence electrons. The zero-order valence-electron chi connectivity index (χ0n) is 15.8. The van der Waals surface area contributed by atoms with Gasteiger partial charge in [-0.3, -0.25) is 4.79 Å². The van der Waals surface area contributed by atoms with E-state index in [1.807, 2.05) is 38.1 Å². The number of nitrogens with one attached hydrogen (secondary N) is 2. The van der Waals surface area contributed by atoms with E-state index in [1.54, 1.807) is 14.1 Å². The second-order valence-corrected chi connectivity index (χ2v) is 6.01. The molecule has 0 aliphatic rings. The first-order valence-electron chi connectivity index (χ1n) is 8.38. The average molecular weight is 462 g/mol. The Morgan fingerprint density at radius 3 is 2.64 bits per heavy atom. The number of carbonyl (C=O) groups excluding carboxylic acids is 1. The van der Waals surface area contributed by atoms with Gasteiger partial charge >= 0.3 is 0 Å². The molecule has 1 unspecified atom stereocenters. The molecule has 1 aromatic carbocycles. The molecule has 0 heterocycles. The third-order valence-corrected chi connectivity index (χ3v) is 3.30. The molecular weight excluding hydrogens is 431 g/mol. The number of benzene rings is 1. The summed E-state index contributed by atoms with van der Waals surface area (Å²) in [5, 5.41) is 6.43. The number of amides is 1. The van der Waals surface area contributed by atoms with Crippen molar-refractivity contribution >= 4 is 35.8 Å². The summed E-state index contributed by atoms with van der Waals surface area (Å²) in [4.78, 5) is 17.5. The molecule has 2 N–H and O–H groups in total. The molecule has 0 bridgehead atoms. The van der Waals surface area contributed by atoms with Crippen LogP contribution in [0.2, 0.25) is 0 Å². The molecule has 0 aliphatic heterocycles. The van der Waals surface area contributed by atoms with Crippen LogP contribution in [-0.2, 0) is 4.79 Å². The van der Waals surface area contributed by atoms with Gasteiger partial charge in [-0.15, -0.1) is 24.0 Å². The minimum absolute atomic E-state index is 0. The van der Waals surface area contributed by atoms with Gasteiger partial charge in [0.15, 0.2) is 5.96 Å². The van der Waals surface area contributed by atoms with Gasteiger partial charge in [-0.1, -0.05) is 19.1 Å². The fraction of sp³-hybridized carbons (Fsp3) is 0.556. The maximum absolute atomic E-state index is 11.7. The van der Waals surface area contributed by atoms with Crippen molar-refractivity contribution in [2.24, 2.45) is 4.99 Å². The molecule has 0 saturated heterocycles. The van der Waals surface area contributed by atoms with Gasteiger partial charge in [0.25, 0.3) is 0 Å². The fourth-order valence-corrected chi connectivity index (χ4v) is 1.91. The van der Waals surface area contributed by atoms with Crippen molar-refractivity contribution in [3.05, 3.63) is 29.8 Å². The summed E-state index contributed by atoms with van der Waals surface area (Å²) < 4.78 is 5.89. The van der Waals surface area contributed by atoms with Crippen molar-refractivity contribution in [3.63, 3.8) is 0 Å². The molecule has 1 atom stereocenters. The second kappa shape index (κ2) is 12.8. The number of halogens is 1. The number of rotatable bonds is 8. The standard InChI is InChI=1S/C18H30N4O2.HI/c1-6-10-19-18(21-13-17(23)22(4)5)20-12-15(3)24-16-9-7-8-14(2)11-16;/h7-9,11,15H,6,10,12-13H2,1-5H3,(H2,19,20,21);1H. The molecule has 25 heavy (non-hydrogen) atoms. The lowest BCUT2D eigenvalue weighted by molar-refractivity contribution is -0.127. The quantitative estimate of drug-likeness (QED) is 0.354. The first-order valence-corrected chi connectivity index (χ1v) is 8.38. The molecule has 0 fully saturated rings. The van der Waals surface area contributed by atoms with Gasteiger partial charge in [0, 0.05) is 20.6 Å². The monoisotopic (exact) mass is 462 g/mol. The van der Waals surface area contributed by atoms with Crippen molar-refractivity contribution < 1.29 is 9.53 Å². The predicted molar refractivity (Wildman–Crippen MR) is 114 cm³/mol. The Balaban J connectivity index is 0.00000576. The molecule has 7 heteroatoms. The van der Waals surface area contributed by atoms with Gasteiger partial charge in [-0.05, 0) is 38.0 Å². The van der Waals surface area contributed by atoms with E-state index in [9.17, 15) is 4.79 Å². The van der Waals surface area contributed by atoms with Gasteiger partial charge in [0.1, 0.15) is 18.4 Å². The van der Waals surface area contributed by atoms with Crippen LogP contribution in [0.3, 0.4) is 0 Å². The lowest BCUT2D eigenvalue weighted by atomic mass is 10.2. The van der Waals surface area contributed by atoms with E-state index in [-0.39, 0.29) is 42.5 Å². The van der Waals surface area contributed by atoms with Crippen LogP contribution >= 0.6 is 24.0 Å². The molecule has 0 aliphatic carbocycles. The van der Waals surface area contributed by atoms with Gasteiger partial charge < -0.3 is 20.3 Å². The molecule has 6 nitrogen and oxygen atoms in total. The average Bonchev–Trinajstić information content (AvgIpc) is 2.53. The van der Waals surface area contributed by atoms with Gasteiger partial charge in [-0.2, -0.15) is 0 Å². The molecule has 1 amide bonds. The van der Waals surface area contributed by atoms with E-state index >= 15 is 0 Å². The van der Waals surface area contributed by atoms with Crippen LogP contribution in [0.4, 0.5) is 0 Å². The zero-order valence-corrected chi connectivity index (χ0v) is 18.2. The highest BCUT2D eigenvalue weighted by molar-refractivity contribution is 14.0. The van der Waals surface area contributed by atoms with Crippen molar-refractivity contribution in [1.82, 2.24) is 15.5 Å². The minimum atomic E-state index is -0.0309. The lowest BCUT2D eigenvalue weighted by Crippen LogP contribution is -2.42. The molecular formula is C18H31IN4O2. The number of aryl methyl sites for hydroxylation is 1. The number of ether oxygens (including phenoxy) is 1. The number of hydrogen-bond acceptors (Lipinski definition) is 3. The Morgan fingerprint density at radius 1 is 1.32 bits per heavy atom. The van der Waals surface area contributed by atoms with Crippen molar-refractivity contribution in [2.45, 2.75) is 33.3 Å². The second-order valence-electron chi connectivity index (χ2n) is 6.01. The van der Waals surface area contributed by atoms with E-state index in [0.29, 0.717) is 12.5 Å². The summed E-state index contributed by atoms with van der Waals surface area (Å²) in [6, 6.07) is 7.98. The SMILES string of the molecule is CCCNC(=NCC(=O)N(C)C)NCC(C)Oc1cccc(C)c1.I. The first kappa shape index (κ1) is 23.5. The highest BCUT2D eigenvalue weighted by Crippen LogP contribution is 2.13. The largest absolute Gasteiger partial charge is 0.489 e. The predicted octanol–water partition coefficient (Wildman–Crippen LogP) is 2.41. The van der Waals surface area contributed by atoms with Crippen LogP contribution in [-0.4, -0.2) is 56.6 Å². The van der Waals surface area contributed by atoms with Crippen LogP contribution in [0.15, 0.2) is 29.3 Å². The van der Waals surface area contributed by atoms with Gasteiger partial charge in [-0.25, -0.2) is 4.99 Å². The molecule has 1 rings (SSSR count). The van der Waals surface area contributed by atoms with Crippen LogP contribution in [0, 0.1) is 6.92 Å². The van der Waals surface area contributed by atoms with Crippen molar-refractivity contribution in [2.75, 3.05) is 33.7 Å². The number of nitrogens with zero attached hydrogens (tertiary/aromatic N) is 2. The molecule has 0 saturated carbocycles. The fourth-order valence-electron chi connectivity index (χ4n) is 1.91. The van der Waals surface area contributed by atoms with E-state index in [2.05, 4.69) is 22.5 Å². The maximum Gasteiger partial charge on any atom is 0.243 e. The number of likely N-dealkylation sites (N-methyl/N-ethyl adjacent to an activating group) is 1. The molecule has 0 aromatic heterocycles. The number of carbonyl (C=O) groups is 1. The Hall–Kier alpha value is -1.51. The highest BCUT2D eigenvalue weighted by Gasteiger charge is 2.08. The number of hydrogen-bond donors (Lipinski definition) is 2. The summed E-state index contributed by atoms with van der Waals surface area (Å²) in [6.45, 7) is 7.64. The third-order valence-electron chi connectivity index (χ3n) is 3.30. The summed E-state index contributed by atoms with van der Waals surface area (Å²) in [5.41, 5.74) is 1.17. The minimum Gasteiger partial charge on any atom is -0.489 e. The Morgan fingerprint density at radius 2 is 2.04 bits per heavy atom. The van der Waals surface area contributed by atoms with Gasteiger partial charge in [0.05, 0.1) is 6.54 Å². The van der Waals surface area contributed by atoms with Crippen LogP contribution in [0.1, 0.15) is 25.8 Å². The van der Waals surface area contributed by atoms with E-state index in [4.69, 9.17) is 4.74 Å². The smallest absolute Gasteiger partial charge is 0.243 e. The normalized spacial score (nSPS) is 12.0. The zero-order chi connectivity index (χ0) is 17.9. The van der Waals surface area contributed by atoms with Gasteiger partial charge in [0.2, 0.25) is 5.91 Å². The van der Waals surface area contributed by atoms with E-state index in [1.165, 1.54) is 10.5 Å². The summed E-state index contributed by atoms with van der Waals surface area (Å²) in [7, 11) is 3.45. The Bertz CT molecular complexity index is 550. The number of guanidine groups is 1. The molecule has 1 aromatic rings. The first-order chi connectivity index (χ1) is 11.4. The van der Waals surface area contributed by atoms with Crippen molar-refractivity contribution in [1.29, 1.82) is 0 Å². The van der Waals surface area contributed by atoms with Crippen LogP contribution in [0.25, 0.3) is 0 Å². The number of aliphatic imine (C=N–C) groups is 1. The maximum atomic E-state index is 11.7. The molecule has 0 radical (unpaired) electrons.